The molecule has 3 rings (SSSR count). The van der Waals surface area contributed by atoms with Crippen LogP contribution in [0.5, 0.6) is 0 Å². The summed E-state index contributed by atoms with van der Waals surface area (Å²) in [6.45, 7) is 7.02. The molecule has 1 aromatic carbocycles. The van der Waals surface area contributed by atoms with E-state index in [9.17, 15) is 4.79 Å². The SMILES string of the molecule is CC[C@]1(C)OC(=O)N2CCc3ccccc3[C@]21C. The third-order valence-corrected chi connectivity index (χ3v) is 4.92. The first kappa shape index (κ1) is 11.6. The van der Waals surface area contributed by atoms with Gasteiger partial charge in [-0.05, 0) is 37.8 Å². The van der Waals surface area contributed by atoms with E-state index in [4.69, 9.17) is 4.74 Å². The van der Waals surface area contributed by atoms with E-state index < -0.39 is 5.60 Å². The summed E-state index contributed by atoms with van der Waals surface area (Å²) in [4.78, 5) is 14.0. The highest BCUT2D eigenvalue weighted by Gasteiger charge is 2.61. The first-order valence-electron chi connectivity index (χ1n) is 6.62. The normalized spacial score (nSPS) is 33.9. The van der Waals surface area contributed by atoms with Gasteiger partial charge in [-0.3, -0.25) is 4.90 Å². The lowest BCUT2D eigenvalue weighted by Gasteiger charge is -2.45. The molecule has 3 nitrogen and oxygen atoms in total. The first-order valence-corrected chi connectivity index (χ1v) is 6.62. The minimum Gasteiger partial charge on any atom is -0.440 e. The van der Waals surface area contributed by atoms with Crippen molar-refractivity contribution in [2.24, 2.45) is 0 Å². The van der Waals surface area contributed by atoms with Crippen LogP contribution in [0.4, 0.5) is 4.79 Å². The quantitative estimate of drug-likeness (QED) is 0.761. The zero-order chi connectivity index (χ0) is 13.0. The Kier molecular flexibility index (Phi) is 2.25. The Morgan fingerprint density at radius 3 is 2.78 bits per heavy atom. The zero-order valence-electron chi connectivity index (χ0n) is 11.2. The van der Waals surface area contributed by atoms with E-state index >= 15 is 0 Å². The Hall–Kier alpha value is -1.51. The minimum absolute atomic E-state index is 0.170. The molecule has 1 saturated heterocycles. The molecule has 96 valence electrons. The largest absolute Gasteiger partial charge is 0.440 e. The Morgan fingerprint density at radius 1 is 1.33 bits per heavy atom. The molecule has 0 unspecified atom stereocenters. The number of ether oxygens (including phenoxy) is 1. The fourth-order valence-electron chi connectivity index (χ4n) is 3.42. The molecule has 1 aromatic rings. The van der Waals surface area contributed by atoms with Crippen LogP contribution in [0.3, 0.4) is 0 Å². The van der Waals surface area contributed by atoms with Crippen LogP contribution in [0.15, 0.2) is 24.3 Å². The summed E-state index contributed by atoms with van der Waals surface area (Å²) in [5, 5.41) is 0. The third kappa shape index (κ3) is 1.17. The van der Waals surface area contributed by atoms with Gasteiger partial charge in [-0.15, -0.1) is 0 Å². The van der Waals surface area contributed by atoms with Crippen LogP contribution in [0, 0.1) is 0 Å². The Labute approximate surface area is 108 Å². The molecule has 1 amide bonds. The molecule has 0 aliphatic carbocycles. The van der Waals surface area contributed by atoms with Crippen molar-refractivity contribution in [3.63, 3.8) is 0 Å². The van der Waals surface area contributed by atoms with Crippen LogP contribution in [0.25, 0.3) is 0 Å². The highest BCUT2D eigenvalue weighted by atomic mass is 16.6. The summed E-state index contributed by atoms with van der Waals surface area (Å²) in [7, 11) is 0. The molecule has 1 fully saturated rings. The second-order valence-electron chi connectivity index (χ2n) is 5.58. The number of carbonyl (C=O) groups is 1. The van der Waals surface area contributed by atoms with Crippen LogP contribution in [-0.2, 0) is 16.7 Å². The van der Waals surface area contributed by atoms with Gasteiger partial charge in [-0.2, -0.15) is 0 Å². The summed E-state index contributed by atoms with van der Waals surface area (Å²) in [5.74, 6) is 0. The highest BCUT2D eigenvalue weighted by molar-refractivity contribution is 5.74. The van der Waals surface area contributed by atoms with Gasteiger partial charge in [-0.1, -0.05) is 31.2 Å². The molecule has 2 aliphatic rings. The molecule has 0 radical (unpaired) electrons. The number of hydrogen-bond acceptors (Lipinski definition) is 2. The summed E-state index contributed by atoms with van der Waals surface area (Å²) >= 11 is 0. The summed E-state index contributed by atoms with van der Waals surface area (Å²) in [5.41, 5.74) is 1.80. The molecule has 2 atom stereocenters. The Morgan fingerprint density at radius 2 is 2.06 bits per heavy atom. The van der Waals surface area contributed by atoms with E-state index in [1.807, 2.05) is 17.9 Å². The maximum absolute atomic E-state index is 12.1. The fourth-order valence-corrected chi connectivity index (χ4v) is 3.42. The molecule has 2 aliphatic heterocycles. The lowest BCUT2D eigenvalue weighted by atomic mass is 9.71. The molecule has 0 N–H and O–H groups in total. The maximum atomic E-state index is 12.1. The molecular formula is C15H19NO2. The van der Waals surface area contributed by atoms with E-state index in [0.717, 1.165) is 19.4 Å². The lowest BCUT2D eigenvalue weighted by Crippen LogP contribution is -2.55. The lowest BCUT2D eigenvalue weighted by molar-refractivity contribution is -0.00115. The number of benzene rings is 1. The molecular weight excluding hydrogens is 226 g/mol. The van der Waals surface area contributed by atoms with Crippen molar-refractivity contribution in [2.75, 3.05) is 6.54 Å². The first-order chi connectivity index (χ1) is 8.53. The number of nitrogens with zero attached hydrogens (tertiary/aromatic N) is 1. The molecule has 0 bridgehead atoms. The van der Waals surface area contributed by atoms with Gasteiger partial charge in [0.15, 0.2) is 0 Å². The maximum Gasteiger partial charge on any atom is 0.411 e. The average molecular weight is 245 g/mol. The van der Waals surface area contributed by atoms with E-state index in [-0.39, 0.29) is 11.6 Å². The second-order valence-corrected chi connectivity index (χ2v) is 5.58. The second kappa shape index (κ2) is 3.50. The van der Waals surface area contributed by atoms with Crippen LogP contribution >= 0.6 is 0 Å². The van der Waals surface area contributed by atoms with Gasteiger partial charge in [0, 0.05) is 6.54 Å². The van der Waals surface area contributed by atoms with Crippen molar-refractivity contribution in [1.29, 1.82) is 0 Å². The molecule has 2 heterocycles. The zero-order valence-corrected chi connectivity index (χ0v) is 11.2. The predicted molar refractivity (Wildman–Crippen MR) is 69.4 cm³/mol. The van der Waals surface area contributed by atoms with Crippen molar-refractivity contribution >= 4 is 6.09 Å². The standard InChI is InChI=1S/C15H19NO2/c1-4-14(2)15(3)12-8-6-5-7-11(12)9-10-16(15)13(17)18-14/h5-8H,4,9-10H2,1-3H3/t14-,15-/m0/s1. The van der Waals surface area contributed by atoms with Gasteiger partial charge in [0.1, 0.15) is 11.1 Å². The monoisotopic (exact) mass is 245 g/mol. The smallest absolute Gasteiger partial charge is 0.411 e. The van der Waals surface area contributed by atoms with Crippen LogP contribution < -0.4 is 0 Å². The van der Waals surface area contributed by atoms with Crippen molar-refractivity contribution in [2.45, 2.75) is 44.8 Å². The van der Waals surface area contributed by atoms with Crippen LogP contribution in [0.2, 0.25) is 0 Å². The summed E-state index contributed by atoms with van der Waals surface area (Å²) in [6, 6.07) is 8.42. The van der Waals surface area contributed by atoms with E-state index in [0.29, 0.717) is 0 Å². The van der Waals surface area contributed by atoms with Crippen molar-refractivity contribution in [3.05, 3.63) is 35.4 Å². The van der Waals surface area contributed by atoms with Gasteiger partial charge < -0.3 is 4.74 Å². The Balaban J connectivity index is 2.23. The number of rotatable bonds is 1. The van der Waals surface area contributed by atoms with E-state index in [1.54, 1.807) is 0 Å². The highest BCUT2D eigenvalue weighted by Crippen LogP contribution is 2.51. The van der Waals surface area contributed by atoms with Gasteiger partial charge in [0.05, 0.1) is 0 Å². The van der Waals surface area contributed by atoms with Gasteiger partial charge >= 0.3 is 6.09 Å². The summed E-state index contributed by atoms with van der Waals surface area (Å²) < 4.78 is 5.69. The number of amides is 1. The Bertz CT molecular complexity index is 513. The molecule has 0 spiro atoms. The molecule has 0 aromatic heterocycles. The van der Waals surface area contributed by atoms with Crippen molar-refractivity contribution in [1.82, 2.24) is 4.90 Å². The number of fused-ring (bicyclic) bond motifs is 3. The van der Waals surface area contributed by atoms with E-state index in [1.165, 1.54) is 11.1 Å². The van der Waals surface area contributed by atoms with Gasteiger partial charge in [0.25, 0.3) is 0 Å². The number of cyclic esters (lactones) is 1. The number of hydrogen-bond donors (Lipinski definition) is 0. The van der Waals surface area contributed by atoms with Gasteiger partial charge in [0.2, 0.25) is 0 Å². The number of carbonyl (C=O) groups excluding carboxylic acids is 1. The topological polar surface area (TPSA) is 29.5 Å². The summed E-state index contributed by atoms with van der Waals surface area (Å²) in [6.07, 6.45) is 1.57. The average Bonchev–Trinajstić information content (AvgIpc) is 2.58. The predicted octanol–water partition coefficient (Wildman–Crippen LogP) is 3.08. The minimum atomic E-state index is -0.444. The van der Waals surface area contributed by atoms with Crippen LogP contribution in [0.1, 0.15) is 38.3 Å². The molecule has 18 heavy (non-hydrogen) atoms. The van der Waals surface area contributed by atoms with E-state index in [2.05, 4.69) is 32.0 Å². The third-order valence-electron chi connectivity index (χ3n) is 4.92. The fraction of sp³-hybridized carbons (Fsp3) is 0.533. The molecule has 3 heteroatoms. The van der Waals surface area contributed by atoms with Crippen molar-refractivity contribution in [3.8, 4) is 0 Å². The van der Waals surface area contributed by atoms with Gasteiger partial charge in [-0.25, -0.2) is 4.79 Å². The molecule has 0 saturated carbocycles. The van der Waals surface area contributed by atoms with Crippen LogP contribution in [-0.4, -0.2) is 23.1 Å². The van der Waals surface area contributed by atoms with Crippen molar-refractivity contribution < 1.29 is 9.53 Å².